The largest absolute Gasteiger partial charge is 0.375 e. The maximum absolute atomic E-state index is 11.3. The number of amides is 1. The predicted octanol–water partition coefficient (Wildman–Crippen LogP) is 1.14. The smallest absolute Gasteiger partial charge is 0.248 e. The van der Waals surface area contributed by atoms with Crippen LogP contribution >= 0.6 is 15.9 Å². The molecule has 0 spiro atoms. The Hall–Kier alpha value is -0.350. The minimum Gasteiger partial charge on any atom is -0.375 e. The second-order valence-corrected chi connectivity index (χ2v) is 3.71. The summed E-state index contributed by atoms with van der Waals surface area (Å²) in [7, 11) is 1.53. The minimum absolute atomic E-state index is 0.0579. The zero-order valence-electron chi connectivity index (χ0n) is 7.05. The fourth-order valence-electron chi connectivity index (χ4n) is 1.13. The average Bonchev–Trinajstić information content (AvgIpc) is 2.05. The van der Waals surface area contributed by atoms with E-state index in [1.54, 1.807) is 4.90 Å². The summed E-state index contributed by atoms with van der Waals surface area (Å²) >= 11 is 3.37. The fourth-order valence-corrected chi connectivity index (χ4v) is 1.66. The molecule has 0 aromatic rings. The van der Waals surface area contributed by atoms with Crippen molar-refractivity contribution in [3.8, 4) is 0 Å². The monoisotopic (exact) mass is 233 g/mol. The number of carbonyl (C=O) groups excluding carboxylic acids is 1. The summed E-state index contributed by atoms with van der Waals surface area (Å²) < 4.78 is 5.85. The molecule has 0 bridgehead atoms. The number of nitrogens with zero attached hydrogens (tertiary/aromatic N) is 1. The van der Waals surface area contributed by atoms with E-state index in [1.807, 2.05) is 0 Å². The van der Waals surface area contributed by atoms with Crippen LogP contribution in [0.25, 0.3) is 0 Å². The quantitative estimate of drug-likeness (QED) is 0.717. The van der Waals surface area contributed by atoms with E-state index in [1.165, 1.54) is 7.11 Å². The highest BCUT2D eigenvalue weighted by molar-refractivity contribution is 9.11. The summed E-state index contributed by atoms with van der Waals surface area (Å²) in [5, 5.41) is 0. The fraction of sp³-hybridized carbons (Fsp3) is 0.625. The first-order chi connectivity index (χ1) is 5.74. The number of rotatable bonds is 2. The minimum atomic E-state index is 0.0579. The highest BCUT2D eigenvalue weighted by Gasteiger charge is 2.15. The summed E-state index contributed by atoms with van der Waals surface area (Å²) in [6, 6.07) is 0. The molecule has 1 amide bonds. The number of carbonyl (C=O) groups is 1. The second-order valence-electron chi connectivity index (χ2n) is 2.69. The summed E-state index contributed by atoms with van der Waals surface area (Å²) in [6.07, 6.45) is 3.02. The molecule has 0 saturated heterocycles. The van der Waals surface area contributed by atoms with E-state index in [4.69, 9.17) is 4.74 Å². The lowest BCUT2D eigenvalue weighted by molar-refractivity contribution is -0.134. The lowest BCUT2D eigenvalue weighted by Gasteiger charge is -2.24. The van der Waals surface area contributed by atoms with E-state index >= 15 is 0 Å². The van der Waals surface area contributed by atoms with Crippen molar-refractivity contribution in [2.75, 3.05) is 26.8 Å². The molecule has 1 heterocycles. The van der Waals surface area contributed by atoms with E-state index in [0.29, 0.717) is 6.54 Å². The first-order valence-electron chi connectivity index (χ1n) is 3.85. The molecule has 1 rings (SSSR count). The Bertz CT molecular complexity index is 203. The number of hydrogen-bond donors (Lipinski definition) is 0. The maximum Gasteiger partial charge on any atom is 0.248 e. The average molecular weight is 234 g/mol. The van der Waals surface area contributed by atoms with Gasteiger partial charge < -0.3 is 9.64 Å². The van der Waals surface area contributed by atoms with Crippen LogP contribution < -0.4 is 0 Å². The van der Waals surface area contributed by atoms with E-state index < -0.39 is 0 Å². The zero-order chi connectivity index (χ0) is 8.97. The van der Waals surface area contributed by atoms with E-state index in [-0.39, 0.29) is 12.5 Å². The van der Waals surface area contributed by atoms with Gasteiger partial charge in [-0.15, -0.1) is 0 Å². The SMILES string of the molecule is COCC(=O)N1CCC=C(Br)C1. The Morgan fingerprint density at radius 2 is 2.58 bits per heavy atom. The molecule has 0 fully saturated rings. The summed E-state index contributed by atoms with van der Waals surface area (Å²) in [6.45, 7) is 1.67. The van der Waals surface area contributed by atoms with Gasteiger partial charge in [0.15, 0.2) is 0 Å². The van der Waals surface area contributed by atoms with Crippen molar-refractivity contribution in [3.05, 3.63) is 10.6 Å². The van der Waals surface area contributed by atoms with Gasteiger partial charge in [0.2, 0.25) is 5.91 Å². The number of halogens is 1. The van der Waals surface area contributed by atoms with Crippen molar-refractivity contribution < 1.29 is 9.53 Å². The van der Waals surface area contributed by atoms with Crippen molar-refractivity contribution >= 4 is 21.8 Å². The van der Waals surface area contributed by atoms with Gasteiger partial charge in [0.25, 0.3) is 0 Å². The number of hydrogen-bond acceptors (Lipinski definition) is 2. The molecule has 0 atom stereocenters. The van der Waals surface area contributed by atoms with Gasteiger partial charge in [0, 0.05) is 18.1 Å². The molecule has 0 unspecified atom stereocenters. The standard InChI is InChI=1S/C8H12BrNO2/c1-12-6-8(11)10-4-2-3-7(9)5-10/h3H,2,4-6H2,1H3. The third-order valence-electron chi connectivity index (χ3n) is 1.73. The van der Waals surface area contributed by atoms with Gasteiger partial charge in [-0.3, -0.25) is 4.79 Å². The van der Waals surface area contributed by atoms with Gasteiger partial charge in [-0.1, -0.05) is 22.0 Å². The van der Waals surface area contributed by atoms with Crippen LogP contribution in [0.1, 0.15) is 6.42 Å². The van der Waals surface area contributed by atoms with Gasteiger partial charge in [0.05, 0.1) is 6.54 Å². The molecule has 4 heteroatoms. The lowest BCUT2D eigenvalue weighted by atomic mass is 10.2. The molecule has 1 aliphatic heterocycles. The molecule has 0 saturated carbocycles. The number of methoxy groups -OCH3 is 1. The van der Waals surface area contributed by atoms with Crippen molar-refractivity contribution in [1.29, 1.82) is 0 Å². The lowest BCUT2D eigenvalue weighted by Crippen LogP contribution is -2.37. The topological polar surface area (TPSA) is 29.5 Å². The van der Waals surface area contributed by atoms with Gasteiger partial charge in [-0.2, -0.15) is 0 Å². The Morgan fingerprint density at radius 3 is 3.17 bits per heavy atom. The number of ether oxygens (including phenoxy) is 1. The Labute approximate surface area is 80.5 Å². The van der Waals surface area contributed by atoms with Crippen molar-refractivity contribution in [2.45, 2.75) is 6.42 Å². The highest BCUT2D eigenvalue weighted by atomic mass is 79.9. The van der Waals surface area contributed by atoms with E-state index in [0.717, 1.165) is 17.4 Å². The van der Waals surface area contributed by atoms with Crippen LogP contribution in [-0.4, -0.2) is 37.6 Å². The van der Waals surface area contributed by atoms with Crippen LogP contribution in [0.2, 0.25) is 0 Å². The molecule has 0 N–H and O–H groups in total. The van der Waals surface area contributed by atoms with Crippen LogP contribution in [0.15, 0.2) is 10.6 Å². The van der Waals surface area contributed by atoms with Gasteiger partial charge in [-0.25, -0.2) is 0 Å². The maximum atomic E-state index is 11.3. The summed E-state index contributed by atoms with van der Waals surface area (Å²) in [5.41, 5.74) is 0. The molecule has 0 radical (unpaired) electrons. The predicted molar refractivity (Wildman–Crippen MR) is 50.1 cm³/mol. The zero-order valence-corrected chi connectivity index (χ0v) is 8.63. The van der Waals surface area contributed by atoms with Gasteiger partial charge >= 0.3 is 0 Å². The Morgan fingerprint density at radius 1 is 1.83 bits per heavy atom. The van der Waals surface area contributed by atoms with Gasteiger partial charge in [-0.05, 0) is 6.42 Å². The van der Waals surface area contributed by atoms with Crippen molar-refractivity contribution in [2.24, 2.45) is 0 Å². The Balaban J connectivity index is 2.43. The molecule has 68 valence electrons. The van der Waals surface area contributed by atoms with Crippen LogP contribution in [0.3, 0.4) is 0 Å². The van der Waals surface area contributed by atoms with Crippen LogP contribution in [-0.2, 0) is 9.53 Å². The third kappa shape index (κ3) is 2.60. The second kappa shape index (κ2) is 4.62. The first-order valence-corrected chi connectivity index (χ1v) is 4.64. The molecule has 0 aliphatic carbocycles. The molecule has 0 aromatic heterocycles. The van der Waals surface area contributed by atoms with Crippen LogP contribution in [0.5, 0.6) is 0 Å². The molecule has 0 aromatic carbocycles. The highest BCUT2D eigenvalue weighted by Crippen LogP contribution is 2.14. The molecule has 1 aliphatic rings. The summed E-state index contributed by atoms with van der Waals surface area (Å²) in [4.78, 5) is 13.1. The van der Waals surface area contributed by atoms with Gasteiger partial charge in [0.1, 0.15) is 6.61 Å². The molecule has 3 nitrogen and oxygen atoms in total. The Kier molecular flexibility index (Phi) is 3.75. The molecular formula is C8H12BrNO2. The van der Waals surface area contributed by atoms with E-state index in [2.05, 4.69) is 22.0 Å². The van der Waals surface area contributed by atoms with E-state index in [9.17, 15) is 4.79 Å². The molecule has 12 heavy (non-hydrogen) atoms. The summed E-state index contributed by atoms with van der Waals surface area (Å²) in [5.74, 6) is 0.0579. The van der Waals surface area contributed by atoms with Crippen LogP contribution in [0.4, 0.5) is 0 Å². The van der Waals surface area contributed by atoms with Crippen LogP contribution in [0, 0.1) is 0 Å². The molecular weight excluding hydrogens is 222 g/mol. The normalized spacial score (nSPS) is 17.5. The third-order valence-corrected chi connectivity index (χ3v) is 2.30. The van der Waals surface area contributed by atoms with Crippen molar-refractivity contribution in [3.63, 3.8) is 0 Å². The first kappa shape index (κ1) is 9.74. The van der Waals surface area contributed by atoms with Crippen molar-refractivity contribution in [1.82, 2.24) is 4.90 Å².